The summed E-state index contributed by atoms with van der Waals surface area (Å²) in [4.78, 5) is 4.47. The summed E-state index contributed by atoms with van der Waals surface area (Å²) in [6.07, 6.45) is 0.867. The largest absolute Gasteiger partial charge is 0.494 e. The minimum atomic E-state index is -0.0448. The first-order chi connectivity index (χ1) is 8.90. The van der Waals surface area contributed by atoms with E-state index in [9.17, 15) is 0 Å². The molecule has 4 heteroatoms. The van der Waals surface area contributed by atoms with Crippen LogP contribution in [-0.4, -0.2) is 32.1 Å². The lowest BCUT2D eigenvalue weighted by Gasteiger charge is -2.27. The molecule has 0 amide bonds. The van der Waals surface area contributed by atoms with Crippen molar-refractivity contribution < 1.29 is 9.47 Å². The third-order valence-electron chi connectivity index (χ3n) is 3.34. The van der Waals surface area contributed by atoms with E-state index in [0.717, 1.165) is 37.7 Å². The zero-order valence-electron chi connectivity index (χ0n) is 10.6. The summed E-state index contributed by atoms with van der Waals surface area (Å²) < 4.78 is 11.6. The van der Waals surface area contributed by atoms with Gasteiger partial charge in [-0.25, -0.2) is 0 Å². The molecule has 0 fully saturated rings. The van der Waals surface area contributed by atoms with Gasteiger partial charge in [0, 0.05) is 12.1 Å². The number of hydrogen-bond donors (Lipinski definition) is 1. The summed E-state index contributed by atoms with van der Waals surface area (Å²) in [7, 11) is 0. The average molecular weight is 246 g/mol. The molecule has 1 atom stereocenters. The molecule has 0 spiro atoms. The number of nitrogens with zero attached hydrogens (tertiary/aromatic N) is 1. The zero-order chi connectivity index (χ0) is 12.4. The maximum absolute atomic E-state index is 5.87. The molecule has 0 bridgehead atoms. The monoisotopic (exact) mass is 246 g/mol. The van der Waals surface area contributed by atoms with Crippen LogP contribution in [0.2, 0.25) is 0 Å². The van der Waals surface area contributed by atoms with E-state index < -0.39 is 0 Å². The standard InChI is InChI=1S/C14H18N2O2/c1-2-17-12-5-3-4-11-10(12)6-9-18-13(11)14-15-7-8-16-14/h3-5,13H,2,6-9H2,1H3,(H,15,16). The Morgan fingerprint density at radius 3 is 3.22 bits per heavy atom. The number of nitrogens with one attached hydrogen (secondary N) is 1. The van der Waals surface area contributed by atoms with Gasteiger partial charge in [-0.05, 0) is 25.0 Å². The van der Waals surface area contributed by atoms with Crippen molar-refractivity contribution in [3.63, 3.8) is 0 Å². The lowest BCUT2D eigenvalue weighted by atomic mass is 9.96. The van der Waals surface area contributed by atoms with E-state index in [2.05, 4.69) is 16.4 Å². The maximum Gasteiger partial charge on any atom is 0.140 e. The highest BCUT2D eigenvalue weighted by atomic mass is 16.5. The molecule has 4 nitrogen and oxygen atoms in total. The summed E-state index contributed by atoms with van der Waals surface area (Å²) >= 11 is 0. The molecule has 18 heavy (non-hydrogen) atoms. The molecule has 2 aliphatic heterocycles. The summed E-state index contributed by atoms with van der Waals surface area (Å²) in [5.74, 6) is 1.95. The fraction of sp³-hybridized carbons (Fsp3) is 0.500. The Morgan fingerprint density at radius 2 is 2.44 bits per heavy atom. The molecule has 1 N–H and O–H groups in total. The third-order valence-corrected chi connectivity index (χ3v) is 3.34. The Kier molecular flexibility index (Phi) is 3.19. The van der Waals surface area contributed by atoms with Crippen molar-refractivity contribution in [1.82, 2.24) is 5.32 Å². The number of ether oxygens (including phenoxy) is 2. The Morgan fingerprint density at radius 1 is 1.50 bits per heavy atom. The second-order valence-electron chi connectivity index (χ2n) is 4.45. The predicted octanol–water partition coefficient (Wildman–Crippen LogP) is 1.70. The Hall–Kier alpha value is -1.55. The van der Waals surface area contributed by atoms with E-state index >= 15 is 0 Å². The molecule has 0 aliphatic carbocycles. The average Bonchev–Trinajstić information content (AvgIpc) is 2.93. The number of amidine groups is 1. The lowest BCUT2D eigenvalue weighted by Crippen LogP contribution is -2.31. The minimum absolute atomic E-state index is 0.0448. The molecule has 0 aromatic heterocycles. The predicted molar refractivity (Wildman–Crippen MR) is 70.3 cm³/mol. The van der Waals surface area contributed by atoms with Crippen LogP contribution in [0.3, 0.4) is 0 Å². The minimum Gasteiger partial charge on any atom is -0.494 e. The van der Waals surface area contributed by atoms with E-state index in [1.807, 2.05) is 19.1 Å². The Balaban J connectivity index is 1.97. The topological polar surface area (TPSA) is 42.9 Å². The van der Waals surface area contributed by atoms with Crippen molar-refractivity contribution in [2.75, 3.05) is 26.3 Å². The number of aliphatic imine (C=N–C) groups is 1. The highest BCUT2D eigenvalue weighted by Gasteiger charge is 2.28. The molecule has 2 heterocycles. The van der Waals surface area contributed by atoms with Crippen LogP contribution in [0.5, 0.6) is 5.75 Å². The molecule has 96 valence electrons. The Labute approximate surface area is 107 Å². The second kappa shape index (κ2) is 4.98. The quantitative estimate of drug-likeness (QED) is 0.882. The fourth-order valence-corrected chi connectivity index (χ4v) is 2.57. The van der Waals surface area contributed by atoms with Gasteiger partial charge in [-0.2, -0.15) is 0 Å². The van der Waals surface area contributed by atoms with Crippen LogP contribution >= 0.6 is 0 Å². The molecular weight excluding hydrogens is 228 g/mol. The van der Waals surface area contributed by atoms with Crippen molar-refractivity contribution in [3.05, 3.63) is 29.3 Å². The third kappa shape index (κ3) is 1.97. The molecule has 3 rings (SSSR count). The molecular formula is C14H18N2O2. The maximum atomic E-state index is 5.87. The van der Waals surface area contributed by atoms with Gasteiger partial charge in [0.25, 0.3) is 0 Å². The molecule has 0 saturated heterocycles. The summed E-state index contributed by atoms with van der Waals surface area (Å²) in [5, 5.41) is 3.30. The second-order valence-corrected chi connectivity index (χ2v) is 4.45. The van der Waals surface area contributed by atoms with Gasteiger partial charge >= 0.3 is 0 Å². The van der Waals surface area contributed by atoms with Crippen LogP contribution in [0.25, 0.3) is 0 Å². The molecule has 1 aromatic rings. The normalized spacial score (nSPS) is 22.1. The van der Waals surface area contributed by atoms with Crippen molar-refractivity contribution in [3.8, 4) is 5.75 Å². The van der Waals surface area contributed by atoms with E-state index in [4.69, 9.17) is 9.47 Å². The number of hydrogen-bond acceptors (Lipinski definition) is 4. The smallest absolute Gasteiger partial charge is 0.140 e. The van der Waals surface area contributed by atoms with Gasteiger partial charge in [0.2, 0.25) is 0 Å². The van der Waals surface area contributed by atoms with Crippen LogP contribution in [0, 0.1) is 0 Å². The van der Waals surface area contributed by atoms with E-state index in [0.29, 0.717) is 6.61 Å². The van der Waals surface area contributed by atoms with Gasteiger partial charge < -0.3 is 14.8 Å². The van der Waals surface area contributed by atoms with Crippen molar-refractivity contribution in [2.24, 2.45) is 4.99 Å². The van der Waals surface area contributed by atoms with E-state index in [-0.39, 0.29) is 6.10 Å². The zero-order valence-corrected chi connectivity index (χ0v) is 10.6. The Bertz CT molecular complexity index is 471. The van der Waals surface area contributed by atoms with Crippen LogP contribution in [0.4, 0.5) is 0 Å². The van der Waals surface area contributed by atoms with Crippen LogP contribution in [-0.2, 0) is 11.2 Å². The van der Waals surface area contributed by atoms with E-state index in [1.165, 1.54) is 11.1 Å². The van der Waals surface area contributed by atoms with Gasteiger partial charge in [0.15, 0.2) is 0 Å². The molecule has 2 aliphatic rings. The summed E-state index contributed by atoms with van der Waals surface area (Å²) in [6, 6.07) is 6.18. The highest BCUT2D eigenvalue weighted by molar-refractivity contribution is 5.89. The fourth-order valence-electron chi connectivity index (χ4n) is 2.57. The van der Waals surface area contributed by atoms with Gasteiger partial charge in [-0.15, -0.1) is 0 Å². The van der Waals surface area contributed by atoms with Crippen molar-refractivity contribution >= 4 is 5.84 Å². The SMILES string of the molecule is CCOc1cccc2c1CCOC2C1=NCCN1. The molecule has 1 unspecified atom stereocenters. The first-order valence-corrected chi connectivity index (χ1v) is 6.54. The van der Waals surface area contributed by atoms with Gasteiger partial charge in [0.05, 0.1) is 19.8 Å². The van der Waals surface area contributed by atoms with Gasteiger partial charge in [-0.1, -0.05) is 12.1 Å². The number of rotatable bonds is 3. The molecule has 1 aromatic carbocycles. The van der Waals surface area contributed by atoms with Crippen LogP contribution in [0.1, 0.15) is 24.2 Å². The first kappa shape index (κ1) is 11.5. The summed E-state index contributed by atoms with van der Waals surface area (Å²) in [6.45, 7) is 5.19. The molecule has 0 saturated carbocycles. The number of benzene rings is 1. The first-order valence-electron chi connectivity index (χ1n) is 6.54. The van der Waals surface area contributed by atoms with Crippen molar-refractivity contribution in [2.45, 2.75) is 19.4 Å². The van der Waals surface area contributed by atoms with Gasteiger partial charge in [-0.3, -0.25) is 4.99 Å². The lowest BCUT2D eigenvalue weighted by molar-refractivity contribution is 0.0848. The van der Waals surface area contributed by atoms with Crippen LogP contribution < -0.4 is 10.1 Å². The van der Waals surface area contributed by atoms with Gasteiger partial charge in [0.1, 0.15) is 17.7 Å². The van der Waals surface area contributed by atoms with Crippen LogP contribution in [0.15, 0.2) is 23.2 Å². The highest BCUT2D eigenvalue weighted by Crippen LogP contribution is 2.34. The number of fused-ring (bicyclic) bond motifs is 1. The van der Waals surface area contributed by atoms with E-state index in [1.54, 1.807) is 0 Å². The van der Waals surface area contributed by atoms with Crippen molar-refractivity contribution in [1.29, 1.82) is 0 Å². The molecule has 0 radical (unpaired) electrons. The summed E-state index contributed by atoms with van der Waals surface area (Å²) in [5.41, 5.74) is 2.47.